The third-order valence-electron chi connectivity index (χ3n) is 4.91. The van der Waals surface area contributed by atoms with Gasteiger partial charge in [-0.05, 0) is 42.2 Å². The third-order valence-corrected chi connectivity index (χ3v) is 4.91. The van der Waals surface area contributed by atoms with E-state index in [0.29, 0.717) is 13.2 Å². The number of para-hydroxylation sites is 1. The van der Waals surface area contributed by atoms with Crippen LogP contribution in [0.15, 0.2) is 78.9 Å². The van der Waals surface area contributed by atoms with E-state index in [9.17, 15) is 4.79 Å². The Morgan fingerprint density at radius 1 is 0.964 bits per heavy atom. The molecule has 1 aliphatic heterocycles. The molecule has 1 heterocycles. The van der Waals surface area contributed by atoms with Gasteiger partial charge in [-0.2, -0.15) is 0 Å². The van der Waals surface area contributed by atoms with Crippen molar-refractivity contribution in [3.8, 4) is 5.75 Å². The second-order valence-electron chi connectivity index (χ2n) is 7.00. The van der Waals surface area contributed by atoms with Gasteiger partial charge in [-0.25, -0.2) is 0 Å². The van der Waals surface area contributed by atoms with Crippen LogP contribution in [0.1, 0.15) is 17.5 Å². The molecule has 1 amide bonds. The Labute approximate surface area is 165 Å². The van der Waals surface area contributed by atoms with Crippen molar-refractivity contribution in [1.29, 1.82) is 0 Å². The molecule has 0 spiro atoms. The molecule has 0 saturated heterocycles. The fraction of sp³-hybridized carbons (Fsp3) is 0.208. The minimum absolute atomic E-state index is 0.0167. The fourth-order valence-electron chi connectivity index (χ4n) is 3.55. The predicted octanol–water partition coefficient (Wildman–Crippen LogP) is 4.66. The molecule has 0 atom stereocenters. The number of fused-ring (bicyclic) bond motifs is 1. The number of benzene rings is 3. The number of anilines is 2. The molecule has 1 N–H and O–H groups in total. The summed E-state index contributed by atoms with van der Waals surface area (Å²) >= 11 is 0. The van der Waals surface area contributed by atoms with E-state index >= 15 is 0 Å². The molecule has 3 aromatic rings. The molecule has 0 unspecified atom stereocenters. The second kappa shape index (κ2) is 8.61. The summed E-state index contributed by atoms with van der Waals surface area (Å²) in [6.45, 7) is 1.76. The summed E-state index contributed by atoms with van der Waals surface area (Å²) < 4.78 is 5.85. The van der Waals surface area contributed by atoms with Crippen molar-refractivity contribution in [3.63, 3.8) is 0 Å². The first-order valence-corrected chi connectivity index (χ1v) is 9.67. The van der Waals surface area contributed by atoms with E-state index in [4.69, 9.17) is 4.74 Å². The smallest absolute Gasteiger partial charge is 0.243 e. The van der Waals surface area contributed by atoms with Crippen molar-refractivity contribution in [1.82, 2.24) is 0 Å². The summed E-state index contributed by atoms with van der Waals surface area (Å²) in [6, 6.07) is 25.9. The van der Waals surface area contributed by atoms with Crippen LogP contribution in [0.2, 0.25) is 0 Å². The van der Waals surface area contributed by atoms with E-state index in [0.717, 1.165) is 36.4 Å². The van der Waals surface area contributed by atoms with Gasteiger partial charge in [0.05, 0.1) is 6.54 Å². The highest BCUT2D eigenvalue weighted by Crippen LogP contribution is 2.26. The summed E-state index contributed by atoms with van der Waals surface area (Å²) in [4.78, 5) is 14.7. The molecule has 4 nitrogen and oxygen atoms in total. The molecule has 3 aromatic carbocycles. The molecular weight excluding hydrogens is 348 g/mol. The zero-order valence-corrected chi connectivity index (χ0v) is 15.8. The van der Waals surface area contributed by atoms with Gasteiger partial charge in [-0.3, -0.25) is 4.79 Å². The van der Waals surface area contributed by atoms with Gasteiger partial charge in [0, 0.05) is 24.0 Å². The van der Waals surface area contributed by atoms with Crippen molar-refractivity contribution >= 4 is 17.3 Å². The van der Waals surface area contributed by atoms with Crippen LogP contribution in [0.5, 0.6) is 5.75 Å². The lowest BCUT2D eigenvalue weighted by molar-refractivity contribution is -0.115. The van der Waals surface area contributed by atoms with E-state index in [1.165, 1.54) is 11.3 Å². The van der Waals surface area contributed by atoms with Crippen molar-refractivity contribution in [3.05, 3.63) is 90.0 Å². The molecule has 0 aromatic heterocycles. The summed E-state index contributed by atoms with van der Waals surface area (Å²) in [5.74, 6) is 0.724. The number of nitrogens with one attached hydrogen (secondary N) is 1. The van der Waals surface area contributed by atoms with Crippen LogP contribution in [0.3, 0.4) is 0 Å². The van der Waals surface area contributed by atoms with Gasteiger partial charge in [-0.1, -0.05) is 54.6 Å². The fourth-order valence-corrected chi connectivity index (χ4v) is 3.55. The Morgan fingerprint density at radius 2 is 1.79 bits per heavy atom. The maximum atomic E-state index is 12.6. The third kappa shape index (κ3) is 4.52. The molecule has 4 rings (SSSR count). The molecule has 0 saturated carbocycles. The van der Waals surface area contributed by atoms with E-state index in [2.05, 4.69) is 28.4 Å². The largest absolute Gasteiger partial charge is 0.489 e. The van der Waals surface area contributed by atoms with Crippen molar-refractivity contribution in [2.24, 2.45) is 0 Å². The number of aryl methyl sites for hydroxylation is 1. The molecule has 4 heteroatoms. The first-order valence-electron chi connectivity index (χ1n) is 9.67. The van der Waals surface area contributed by atoms with Crippen molar-refractivity contribution in [2.75, 3.05) is 23.3 Å². The Kier molecular flexibility index (Phi) is 5.57. The number of amides is 1. The standard InChI is InChI=1S/C24H24N2O2/c27-24(17-26-15-7-11-20-10-4-5-14-23(20)26)25-21-12-6-13-22(16-21)28-18-19-8-2-1-3-9-19/h1-6,8-10,12-14,16H,7,11,15,17-18H2,(H,25,27). The van der Waals surface area contributed by atoms with Crippen molar-refractivity contribution < 1.29 is 9.53 Å². The number of nitrogens with zero attached hydrogens (tertiary/aromatic N) is 1. The Balaban J connectivity index is 1.36. The lowest BCUT2D eigenvalue weighted by Gasteiger charge is -2.30. The number of hydrogen-bond donors (Lipinski definition) is 1. The molecule has 0 aliphatic carbocycles. The topological polar surface area (TPSA) is 41.6 Å². The minimum Gasteiger partial charge on any atom is -0.489 e. The lowest BCUT2D eigenvalue weighted by Crippen LogP contribution is -2.36. The number of rotatable bonds is 6. The normalized spacial score (nSPS) is 12.9. The van der Waals surface area contributed by atoms with Gasteiger partial charge in [0.25, 0.3) is 0 Å². The number of hydrogen-bond acceptors (Lipinski definition) is 3. The highest BCUT2D eigenvalue weighted by atomic mass is 16.5. The zero-order chi connectivity index (χ0) is 19.2. The lowest BCUT2D eigenvalue weighted by atomic mass is 10.0. The van der Waals surface area contributed by atoms with Gasteiger partial charge in [0.1, 0.15) is 12.4 Å². The summed E-state index contributed by atoms with van der Waals surface area (Å²) in [7, 11) is 0. The van der Waals surface area contributed by atoms with Gasteiger partial charge in [-0.15, -0.1) is 0 Å². The zero-order valence-electron chi connectivity index (χ0n) is 15.8. The number of ether oxygens (including phenoxy) is 1. The summed E-state index contributed by atoms with van der Waals surface area (Å²) in [5, 5.41) is 3.00. The quantitative estimate of drug-likeness (QED) is 0.684. The van der Waals surface area contributed by atoms with E-state index in [1.807, 2.05) is 60.7 Å². The Bertz CT molecular complexity index is 940. The summed E-state index contributed by atoms with van der Waals surface area (Å²) in [5.41, 5.74) is 4.35. The van der Waals surface area contributed by atoms with Crippen LogP contribution < -0.4 is 15.0 Å². The van der Waals surface area contributed by atoms with Crippen LogP contribution >= 0.6 is 0 Å². The molecule has 28 heavy (non-hydrogen) atoms. The predicted molar refractivity (Wildman–Crippen MR) is 113 cm³/mol. The first-order chi connectivity index (χ1) is 13.8. The van der Waals surface area contributed by atoms with Gasteiger partial charge < -0.3 is 15.0 Å². The van der Waals surface area contributed by atoms with Crippen molar-refractivity contribution in [2.45, 2.75) is 19.4 Å². The molecule has 1 aliphatic rings. The first kappa shape index (κ1) is 18.1. The minimum atomic E-state index is -0.0167. The van der Waals surface area contributed by atoms with Gasteiger partial charge >= 0.3 is 0 Å². The van der Waals surface area contributed by atoms with Crippen LogP contribution in [0.4, 0.5) is 11.4 Å². The average molecular weight is 372 g/mol. The molecule has 0 radical (unpaired) electrons. The molecular formula is C24H24N2O2. The van der Waals surface area contributed by atoms with E-state index in [-0.39, 0.29) is 5.91 Å². The molecule has 0 bridgehead atoms. The van der Waals surface area contributed by atoms with E-state index < -0.39 is 0 Å². The average Bonchev–Trinajstić information content (AvgIpc) is 2.73. The Morgan fingerprint density at radius 3 is 2.68 bits per heavy atom. The van der Waals surface area contributed by atoms with Gasteiger partial charge in [0.2, 0.25) is 5.91 Å². The summed E-state index contributed by atoms with van der Waals surface area (Å²) in [6.07, 6.45) is 2.15. The highest BCUT2D eigenvalue weighted by Gasteiger charge is 2.18. The second-order valence-corrected chi connectivity index (χ2v) is 7.00. The van der Waals surface area contributed by atoms with Crippen LogP contribution in [0.25, 0.3) is 0 Å². The number of carbonyl (C=O) groups is 1. The van der Waals surface area contributed by atoms with E-state index in [1.54, 1.807) is 0 Å². The number of carbonyl (C=O) groups excluding carboxylic acids is 1. The SMILES string of the molecule is O=C(CN1CCCc2ccccc21)Nc1cccc(OCc2ccccc2)c1. The van der Waals surface area contributed by atoms with Gasteiger partial charge in [0.15, 0.2) is 0 Å². The van der Waals surface area contributed by atoms with Crippen LogP contribution in [-0.4, -0.2) is 19.0 Å². The maximum absolute atomic E-state index is 12.6. The maximum Gasteiger partial charge on any atom is 0.243 e. The molecule has 0 fully saturated rings. The van der Waals surface area contributed by atoms with Crippen LogP contribution in [0, 0.1) is 0 Å². The van der Waals surface area contributed by atoms with Crippen LogP contribution in [-0.2, 0) is 17.8 Å². The highest BCUT2D eigenvalue weighted by molar-refractivity contribution is 5.94. The molecule has 142 valence electrons. The monoisotopic (exact) mass is 372 g/mol. The Hall–Kier alpha value is -3.27.